The Balaban J connectivity index is 2.33. The molecule has 0 aliphatic heterocycles. The second-order valence-electron chi connectivity index (χ2n) is 3.49. The summed E-state index contributed by atoms with van der Waals surface area (Å²) in [4.78, 5) is 0. The molecule has 0 fully saturated rings. The fraction of sp³-hybridized carbons (Fsp3) is 0. The van der Waals surface area contributed by atoms with Crippen molar-refractivity contribution in [3.8, 4) is 0 Å². The maximum absolute atomic E-state index is 13.5. The van der Waals surface area contributed by atoms with E-state index in [0.717, 1.165) is 12.1 Å². The number of hydrogen-bond acceptors (Lipinski definition) is 2. The smallest absolute Gasteiger partial charge is 0.151 e. The van der Waals surface area contributed by atoms with Gasteiger partial charge in [-0.15, -0.1) is 0 Å². The van der Waals surface area contributed by atoms with Gasteiger partial charge in [-0.25, -0.2) is 8.78 Å². The third-order valence-electron chi connectivity index (χ3n) is 2.19. The first kappa shape index (κ1) is 11.7. The Morgan fingerprint density at radius 2 is 1.71 bits per heavy atom. The van der Waals surface area contributed by atoms with E-state index in [2.05, 4.69) is 5.32 Å². The summed E-state index contributed by atoms with van der Waals surface area (Å²) in [5.41, 5.74) is 6.78. The lowest BCUT2D eigenvalue weighted by atomic mass is 10.2. The zero-order chi connectivity index (χ0) is 12.4. The first-order chi connectivity index (χ1) is 8.06. The molecule has 0 aromatic heterocycles. The number of anilines is 3. The van der Waals surface area contributed by atoms with Crippen molar-refractivity contribution in [2.24, 2.45) is 0 Å². The summed E-state index contributed by atoms with van der Waals surface area (Å²) in [6, 6.07) is 8.49. The molecule has 5 heteroatoms. The summed E-state index contributed by atoms with van der Waals surface area (Å²) in [6.45, 7) is 0. The standard InChI is InChI=1S/C12H9ClF2N2/c13-10-5-7(14)6-11(15)12(10)17-9-3-1-8(16)2-4-9/h1-6,17H,16H2. The molecule has 2 aromatic carbocycles. The highest BCUT2D eigenvalue weighted by atomic mass is 35.5. The molecule has 0 atom stereocenters. The molecule has 88 valence electrons. The minimum atomic E-state index is -0.744. The second-order valence-corrected chi connectivity index (χ2v) is 3.90. The van der Waals surface area contributed by atoms with Crippen LogP contribution in [0.2, 0.25) is 5.02 Å². The lowest BCUT2D eigenvalue weighted by molar-refractivity contribution is 0.586. The molecule has 17 heavy (non-hydrogen) atoms. The van der Waals surface area contributed by atoms with Crippen molar-refractivity contribution in [1.29, 1.82) is 0 Å². The van der Waals surface area contributed by atoms with Crippen LogP contribution in [0.3, 0.4) is 0 Å². The van der Waals surface area contributed by atoms with Gasteiger partial charge in [-0.2, -0.15) is 0 Å². The molecule has 0 unspecified atom stereocenters. The molecule has 0 saturated heterocycles. The van der Waals surface area contributed by atoms with Gasteiger partial charge in [0.1, 0.15) is 5.82 Å². The van der Waals surface area contributed by atoms with Crippen LogP contribution in [-0.4, -0.2) is 0 Å². The van der Waals surface area contributed by atoms with Crippen molar-refractivity contribution in [3.63, 3.8) is 0 Å². The minimum Gasteiger partial charge on any atom is -0.399 e. The van der Waals surface area contributed by atoms with Crippen molar-refractivity contribution in [3.05, 3.63) is 53.1 Å². The molecule has 0 aliphatic carbocycles. The number of nitrogens with two attached hydrogens (primary N) is 1. The van der Waals surface area contributed by atoms with Crippen LogP contribution in [0, 0.1) is 11.6 Å². The third kappa shape index (κ3) is 2.65. The van der Waals surface area contributed by atoms with Crippen LogP contribution in [0.25, 0.3) is 0 Å². The molecule has 0 radical (unpaired) electrons. The Labute approximate surface area is 102 Å². The average molecular weight is 255 g/mol. The molecule has 0 saturated carbocycles. The van der Waals surface area contributed by atoms with Gasteiger partial charge in [0.2, 0.25) is 0 Å². The van der Waals surface area contributed by atoms with Crippen molar-refractivity contribution in [1.82, 2.24) is 0 Å². The SMILES string of the molecule is Nc1ccc(Nc2c(F)cc(F)cc2Cl)cc1. The van der Waals surface area contributed by atoms with Crippen molar-refractivity contribution in [2.75, 3.05) is 11.1 Å². The second kappa shape index (κ2) is 4.59. The molecule has 0 amide bonds. The molecular weight excluding hydrogens is 246 g/mol. The molecule has 2 nitrogen and oxygen atoms in total. The first-order valence-corrected chi connectivity index (χ1v) is 5.21. The average Bonchev–Trinajstić information content (AvgIpc) is 2.26. The van der Waals surface area contributed by atoms with Gasteiger partial charge < -0.3 is 11.1 Å². The van der Waals surface area contributed by atoms with Crippen LogP contribution >= 0.6 is 11.6 Å². The van der Waals surface area contributed by atoms with Gasteiger partial charge in [0.15, 0.2) is 5.82 Å². The summed E-state index contributed by atoms with van der Waals surface area (Å²) >= 11 is 5.75. The molecule has 2 aromatic rings. The third-order valence-corrected chi connectivity index (χ3v) is 2.48. The van der Waals surface area contributed by atoms with E-state index in [1.54, 1.807) is 24.3 Å². The lowest BCUT2D eigenvalue weighted by Crippen LogP contribution is -1.96. The van der Waals surface area contributed by atoms with Crippen LogP contribution in [0.15, 0.2) is 36.4 Å². The van der Waals surface area contributed by atoms with Crippen molar-refractivity contribution in [2.45, 2.75) is 0 Å². The van der Waals surface area contributed by atoms with E-state index >= 15 is 0 Å². The van der Waals surface area contributed by atoms with Crippen LogP contribution in [0.4, 0.5) is 25.8 Å². The highest BCUT2D eigenvalue weighted by molar-refractivity contribution is 6.33. The first-order valence-electron chi connectivity index (χ1n) is 4.83. The van der Waals surface area contributed by atoms with Gasteiger partial charge in [0, 0.05) is 17.4 Å². The predicted octanol–water partition coefficient (Wildman–Crippen LogP) is 3.94. The van der Waals surface area contributed by atoms with Gasteiger partial charge in [0.25, 0.3) is 0 Å². The van der Waals surface area contributed by atoms with E-state index in [0.29, 0.717) is 11.4 Å². The number of hydrogen-bond donors (Lipinski definition) is 2. The molecule has 0 spiro atoms. The molecule has 0 bridgehead atoms. The van der Waals surface area contributed by atoms with E-state index in [9.17, 15) is 8.78 Å². The van der Waals surface area contributed by atoms with Crippen LogP contribution in [-0.2, 0) is 0 Å². The van der Waals surface area contributed by atoms with E-state index in [4.69, 9.17) is 17.3 Å². The lowest BCUT2D eigenvalue weighted by Gasteiger charge is -2.09. The van der Waals surface area contributed by atoms with Gasteiger partial charge >= 0.3 is 0 Å². The number of rotatable bonds is 2. The summed E-state index contributed by atoms with van der Waals surface area (Å²) in [5.74, 6) is -1.46. The highest BCUT2D eigenvalue weighted by Gasteiger charge is 2.09. The van der Waals surface area contributed by atoms with Gasteiger partial charge in [-0.1, -0.05) is 11.6 Å². The topological polar surface area (TPSA) is 38.0 Å². The fourth-order valence-electron chi connectivity index (χ4n) is 1.37. The molecule has 0 heterocycles. The maximum Gasteiger partial charge on any atom is 0.151 e. The monoisotopic (exact) mass is 254 g/mol. The predicted molar refractivity (Wildman–Crippen MR) is 65.5 cm³/mol. The summed E-state index contributed by atoms with van der Waals surface area (Å²) in [7, 11) is 0. The van der Waals surface area contributed by atoms with E-state index in [1.165, 1.54) is 0 Å². The quantitative estimate of drug-likeness (QED) is 0.797. The fourth-order valence-corrected chi connectivity index (χ4v) is 1.61. The number of halogens is 3. The van der Waals surface area contributed by atoms with Gasteiger partial charge in [-0.3, -0.25) is 0 Å². The normalized spacial score (nSPS) is 10.3. The van der Waals surface area contributed by atoms with Gasteiger partial charge in [0.05, 0.1) is 10.7 Å². The molecule has 2 rings (SSSR count). The molecule has 3 N–H and O–H groups in total. The summed E-state index contributed by atoms with van der Waals surface area (Å²) < 4.78 is 26.3. The van der Waals surface area contributed by atoms with Crippen molar-refractivity contribution >= 4 is 28.7 Å². The maximum atomic E-state index is 13.5. The van der Waals surface area contributed by atoms with E-state index < -0.39 is 11.6 Å². The van der Waals surface area contributed by atoms with E-state index in [1.807, 2.05) is 0 Å². The minimum absolute atomic E-state index is 0.0145. The number of nitrogen functional groups attached to an aromatic ring is 1. The summed E-state index contributed by atoms with van der Waals surface area (Å²) in [5, 5.41) is 2.75. The Bertz CT molecular complexity index is 518. The number of benzene rings is 2. The Kier molecular flexibility index (Phi) is 3.15. The molecular formula is C12H9ClF2N2. The largest absolute Gasteiger partial charge is 0.399 e. The van der Waals surface area contributed by atoms with E-state index in [-0.39, 0.29) is 10.7 Å². The highest BCUT2D eigenvalue weighted by Crippen LogP contribution is 2.29. The Morgan fingerprint density at radius 3 is 2.29 bits per heavy atom. The number of nitrogens with one attached hydrogen (secondary N) is 1. The Hall–Kier alpha value is -1.81. The van der Waals surface area contributed by atoms with Crippen molar-refractivity contribution < 1.29 is 8.78 Å². The van der Waals surface area contributed by atoms with Crippen LogP contribution in [0.1, 0.15) is 0 Å². The molecule has 0 aliphatic rings. The van der Waals surface area contributed by atoms with Crippen LogP contribution in [0.5, 0.6) is 0 Å². The van der Waals surface area contributed by atoms with Crippen LogP contribution < -0.4 is 11.1 Å². The van der Waals surface area contributed by atoms with Gasteiger partial charge in [-0.05, 0) is 30.3 Å². The summed E-state index contributed by atoms with van der Waals surface area (Å²) in [6.07, 6.45) is 0. The Morgan fingerprint density at radius 1 is 1.06 bits per heavy atom. The zero-order valence-corrected chi connectivity index (χ0v) is 9.43. The zero-order valence-electron chi connectivity index (χ0n) is 8.68.